The van der Waals surface area contributed by atoms with E-state index >= 15 is 0 Å². The predicted molar refractivity (Wildman–Crippen MR) is 95.2 cm³/mol. The predicted octanol–water partition coefficient (Wildman–Crippen LogP) is 3.37. The van der Waals surface area contributed by atoms with Crippen LogP contribution in [-0.4, -0.2) is 10.9 Å². The highest BCUT2D eigenvalue weighted by Gasteiger charge is 2.16. The average molecular weight is 353 g/mol. The van der Waals surface area contributed by atoms with Gasteiger partial charge in [0.15, 0.2) is 0 Å². The van der Waals surface area contributed by atoms with E-state index in [-0.39, 0.29) is 6.42 Å². The molecule has 4 N–H and O–H groups in total. The highest BCUT2D eigenvalue weighted by atomic mass is 19.1. The molecule has 0 bridgehead atoms. The number of carbonyl (C=O) groups is 1. The lowest BCUT2D eigenvalue weighted by Crippen LogP contribution is -2.16. The number of amides is 1. The maximum atomic E-state index is 13.4. The van der Waals surface area contributed by atoms with Crippen molar-refractivity contribution in [2.24, 2.45) is 11.5 Å². The van der Waals surface area contributed by atoms with Gasteiger partial charge in [-0.3, -0.25) is 9.78 Å². The van der Waals surface area contributed by atoms with Crippen molar-refractivity contribution >= 4 is 5.91 Å². The normalized spacial score (nSPS) is 12.0. The summed E-state index contributed by atoms with van der Waals surface area (Å²) in [6, 6.07) is 13.1. The maximum absolute atomic E-state index is 13.4. The van der Waals surface area contributed by atoms with E-state index in [1.54, 1.807) is 30.5 Å². The van der Waals surface area contributed by atoms with Crippen molar-refractivity contribution in [3.8, 4) is 11.1 Å². The molecule has 26 heavy (non-hydrogen) atoms. The summed E-state index contributed by atoms with van der Waals surface area (Å²) >= 11 is 0. The number of rotatable bonds is 5. The lowest BCUT2D eigenvalue weighted by molar-refractivity contribution is 0.100. The fourth-order valence-corrected chi connectivity index (χ4v) is 2.88. The molecule has 0 aliphatic heterocycles. The van der Waals surface area contributed by atoms with E-state index in [2.05, 4.69) is 4.98 Å². The van der Waals surface area contributed by atoms with Gasteiger partial charge in [-0.2, -0.15) is 0 Å². The second-order valence-corrected chi connectivity index (χ2v) is 5.97. The third-order valence-electron chi connectivity index (χ3n) is 4.03. The second-order valence-electron chi connectivity index (χ2n) is 5.97. The molecule has 1 atom stereocenters. The van der Waals surface area contributed by atoms with E-state index < -0.39 is 23.6 Å². The second kappa shape index (κ2) is 7.41. The fourth-order valence-electron chi connectivity index (χ4n) is 2.88. The molecular weight excluding hydrogens is 336 g/mol. The van der Waals surface area contributed by atoms with Gasteiger partial charge in [-0.05, 0) is 47.9 Å². The summed E-state index contributed by atoms with van der Waals surface area (Å²) in [6.45, 7) is 0. The van der Waals surface area contributed by atoms with E-state index in [4.69, 9.17) is 11.5 Å². The van der Waals surface area contributed by atoms with Crippen LogP contribution in [0.1, 0.15) is 27.7 Å². The summed E-state index contributed by atoms with van der Waals surface area (Å²) in [5.74, 6) is -1.83. The van der Waals surface area contributed by atoms with Crippen LogP contribution in [0, 0.1) is 11.6 Å². The first kappa shape index (κ1) is 17.7. The van der Waals surface area contributed by atoms with Gasteiger partial charge in [-0.1, -0.05) is 18.2 Å². The van der Waals surface area contributed by atoms with E-state index in [0.29, 0.717) is 16.8 Å². The van der Waals surface area contributed by atoms with Crippen molar-refractivity contribution < 1.29 is 13.6 Å². The van der Waals surface area contributed by atoms with E-state index in [1.807, 2.05) is 12.1 Å². The minimum atomic E-state index is -0.650. The standard InChI is InChI=1S/C20H17F2N3O/c21-15-7-12(8-16(22)11-15)9-18(23)19-17(5-2-6-25-19)13-3-1-4-14(10-13)20(24)26/h1-8,10-11,18H,9,23H2,(H2,24,26). The number of nitrogens with two attached hydrogens (primary N) is 2. The Bertz CT molecular complexity index is 939. The van der Waals surface area contributed by atoms with Gasteiger partial charge in [0, 0.05) is 23.4 Å². The largest absolute Gasteiger partial charge is 0.366 e. The van der Waals surface area contributed by atoms with Gasteiger partial charge in [0.2, 0.25) is 5.91 Å². The molecule has 0 radical (unpaired) electrons. The molecule has 2 aromatic carbocycles. The summed E-state index contributed by atoms with van der Waals surface area (Å²) in [7, 11) is 0. The average Bonchev–Trinajstić information content (AvgIpc) is 2.61. The van der Waals surface area contributed by atoms with E-state index in [0.717, 1.165) is 17.2 Å². The van der Waals surface area contributed by atoms with Crippen LogP contribution in [0.15, 0.2) is 60.8 Å². The molecule has 6 heteroatoms. The third kappa shape index (κ3) is 3.92. The van der Waals surface area contributed by atoms with Crippen molar-refractivity contribution in [1.29, 1.82) is 0 Å². The van der Waals surface area contributed by atoms with Gasteiger partial charge in [-0.25, -0.2) is 8.78 Å². The van der Waals surface area contributed by atoms with Crippen LogP contribution in [0.4, 0.5) is 8.78 Å². The Morgan fingerprint density at radius 2 is 1.77 bits per heavy atom. The summed E-state index contributed by atoms with van der Waals surface area (Å²) < 4.78 is 26.8. The first-order chi connectivity index (χ1) is 12.4. The van der Waals surface area contributed by atoms with Crippen molar-refractivity contribution in [3.63, 3.8) is 0 Å². The number of pyridine rings is 1. The molecule has 1 heterocycles. The third-order valence-corrected chi connectivity index (χ3v) is 4.03. The number of primary amides is 1. The molecule has 0 saturated carbocycles. The number of aromatic nitrogens is 1. The molecule has 3 rings (SSSR count). The molecule has 0 saturated heterocycles. The lowest BCUT2D eigenvalue weighted by atomic mass is 9.95. The number of nitrogens with zero attached hydrogens (tertiary/aromatic N) is 1. The van der Waals surface area contributed by atoms with Crippen LogP contribution in [0.25, 0.3) is 11.1 Å². The van der Waals surface area contributed by atoms with E-state index in [9.17, 15) is 13.6 Å². The molecule has 4 nitrogen and oxygen atoms in total. The number of halogens is 2. The Morgan fingerprint density at radius 3 is 2.46 bits per heavy atom. The highest BCUT2D eigenvalue weighted by molar-refractivity contribution is 5.94. The van der Waals surface area contributed by atoms with Crippen molar-refractivity contribution in [3.05, 3.63) is 89.2 Å². The van der Waals surface area contributed by atoms with Crippen molar-refractivity contribution in [1.82, 2.24) is 4.98 Å². The fraction of sp³-hybridized carbons (Fsp3) is 0.100. The summed E-state index contributed by atoms with van der Waals surface area (Å²) in [4.78, 5) is 15.8. The molecule has 0 aliphatic rings. The van der Waals surface area contributed by atoms with Gasteiger partial charge in [-0.15, -0.1) is 0 Å². The Morgan fingerprint density at radius 1 is 1.04 bits per heavy atom. The Balaban J connectivity index is 1.96. The monoisotopic (exact) mass is 353 g/mol. The Labute approximate surface area is 149 Å². The summed E-state index contributed by atoms with van der Waals surface area (Å²) in [5.41, 5.74) is 14.5. The minimum absolute atomic E-state index is 0.216. The molecule has 1 aromatic heterocycles. The lowest BCUT2D eigenvalue weighted by Gasteiger charge is -2.16. The van der Waals surface area contributed by atoms with Crippen LogP contribution in [0.5, 0.6) is 0 Å². The van der Waals surface area contributed by atoms with Gasteiger partial charge >= 0.3 is 0 Å². The summed E-state index contributed by atoms with van der Waals surface area (Å²) in [5, 5.41) is 0. The van der Waals surface area contributed by atoms with Gasteiger partial charge in [0.25, 0.3) is 0 Å². The zero-order valence-corrected chi connectivity index (χ0v) is 13.8. The van der Waals surface area contributed by atoms with Gasteiger partial charge in [0.05, 0.1) is 11.7 Å². The van der Waals surface area contributed by atoms with Crippen LogP contribution >= 0.6 is 0 Å². The molecular formula is C20H17F2N3O. The van der Waals surface area contributed by atoms with Gasteiger partial charge in [0.1, 0.15) is 11.6 Å². The molecule has 1 unspecified atom stereocenters. The van der Waals surface area contributed by atoms with Gasteiger partial charge < -0.3 is 11.5 Å². The molecule has 3 aromatic rings. The van der Waals surface area contributed by atoms with Crippen LogP contribution < -0.4 is 11.5 Å². The van der Waals surface area contributed by atoms with Crippen LogP contribution in [-0.2, 0) is 6.42 Å². The van der Waals surface area contributed by atoms with Crippen LogP contribution in [0.2, 0.25) is 0 Å². The van der Waals surface area contributed by atoms with Crippen molar-refractivity contribution in [2.75, 3.05) is 0 Å². The first-order valence-electron chi connectivity index (χ1n) is 8.00. The molecule has 0 spiro atoms. The SMILES string of the molecule is NC(=O)c1cccc(-c2cccnc2C(N)Cc2cc(F)cc(F)c2)c1. The summed E-state index contributed by atoms with van der Waals surface area (Å²) in [6.07, 6.45) is 1.82. The number of carbonyl (C=O) groups excluding carboxylic acids is 1. The number of hydrogen-bond donors (Lipinski definition) is 2. The first-order valence-corrected chi connectivity index (χ1v) is 8.00. The highest BCUT2D eigenvalue weighted by Crippen LogP contribution is 2.28. The minimum Gasteiger partial charge on any atom is -0.366 e. The maximum Gasteiger partial charge on any atom is 0.248 e. The quantitative estimate of drug-likeness (QED) is 0.738. The van der Waals surface area contributed by atoms with Crippen LogP contribution in [0.3, 0.4) is 0 Å². The Kier molecular flexibility index (Phi) is 5.04. The smallest absolute Gasteiger partial charge is 0.248 e. The number of hydrogen-bond acceptors (Lipinski definition) is 3. The molecule has 1 amide bonds. The zero-order valence-electron chi connectivity index (χ0n) is 13.8. The molecule has 0 aliphatic carbocycles. The number of benzene rings is 2. The molecule has 132 valence electrons. The van der Waals surface area contributed by atoms with E-state index in [1.165, 1.54) is 12.1 Å². The van der Waals surface area contributed by atoms with Crippen molar-refractivity contribution in [2.45, 2.75) is 12.5 Å². The topological polar surface area (TPSA) is 82.0 Å². The molecule has 0 fully saturated rings. The zero-order chi connectivity index (χ0) is 18.7. The Hall–Kier alpha value is -3.12.